The summed E-state index contributed by atoms with van der Waals surface area (Å²) in [5, 5.41) is 4.27. The maximum absolute atomic E-state index is 14.2. The average molecular weight is 631 g/mol. The fourth-order valence-electron chi connectivity index (χ4n) is 5.86. The molecule has 5 aromatic carbocycles. The fourth-order valence-corrected chi connectivity index (χ4v) is 9.30. The molecule has 0 aromatic heterocycles. The Morgan fingerprint density at radius 3 is 1.30 bits per heavy atom. The molecule has 0 bridgehead atoms. The molecule has 0 aliphatic heterocycles. The molecule has 0 spiro atoms. The van der Waals surface area contributed by atoms with E-state index in [0.717, 1.165) is 54.9 Å². The standard InChI is InChI=1S/C36H40O6P2/c1-5-39-43(37,40-6-2)25-27-23-34(32-21-13-17-28-15-9-11-19-30(28)32)36(26-44(38,41-7-3)42-8-4)35(24-27)33-22-14-18-29-16-10-12-20-31(29)33/h9-24H,5-8,25-26H2,1-4H3. The Bertz CT molecular complexity index is 1720. The summed E-state index contributed by atoms with van der Waals surface area (Å²) in [6.07, 6.45) is 0.166. The molecular formula is C36H40O6P2. The van der Waals surface area contributed by atoms with Crippen LogP contribution in [0.15, 0.2) is 97.1 Å². The van der Waals surface area contributed by atoms with Crippen molar-refractivity contribution < 1.29 is 27.2 Å². The van der Waals surface area contributed by atoms with Gasteiger partial charge in [0, 0.05) is 0 Å². The smallest absolute Gasteiger partial charge is 0.309 e. The van der Waals surface area contributed by atoms with E-state index in [1.165, 1.54) is 0 Å². The molecular weight excluding hydrogens is 590 g/mol. The molecule has 0 heterocycles. The predicted octanol–water partition coefficient (Wildman–Crippen LogP) is 10.9. The van der Waals surface area contributed by atoms with Gasteiger partial charge in [0.1, 0.15) is 0 Å². The molecule has 5 rings (SSSR count). The van der Waals surface area contributed by atoms with Crippen LogP contribution in [0.5, 0.6) is 0 Å². The molecule has 230 valence electrons. The highest BCUT2D eigenvalue weighted by atomic mass is 31.2. The van der Waals surface area contributed by atoms with Crippen molar-refractivity contribution >= 4 is 36.7 Å². The van der Waals surface area contributed by atoms with Crippen molar-refractivity contribution in [3.8, 4) is 22.3 Å². The van der Waals surface area contributed by atoms with E-state index in [4.69, 9.17) is 18.1 Å². The molecule has 0 saturated heterocycles. The lowest BCUT2D eigenvalue weighted by Gasteiger charge is -2.24. The van der Waals surface area contributed by atoms with Gasteiger partial charge in [0.2, 0.25) is 0 Å². The largest absolute Gasteiger partial charge is 0.335 e. The Kier molecular flexibility index (Phi) is 10.5. The summed E-state index contributed by atoms with van der Waals surface area (Å²) in [5.41, 5.74) is 5.34. The number of benzene rings is 5. The number of rotatable bonds is 14. The molecule has 5 aromatic rings. The van der Waals surface area contributed by atoms with E-state index in [1.54, 1.807) is 0 Å². The van der Waals surface area contributed by atoms with E-state index in [1.807, 2.05) is 76.2 Å². The van der Waals surface area contributed by atoms with Gasteiger partial charge in [-0.1, -0.05) is 97.1 Å². The van der Waals surface area contributed by atoms with Gasteiger partial charge in [-0.2, -0.15) is 0 Å². The molecule has 0 amide bonds. The van der Waals surface area contributed by atoms with Crippen LogP contribution in [0.3, 0.4) is 0 Å². The summed E-state index contributed by atoms with van der Waals surface area (Å²) in [4.78, 5) is 0. The Labute approximate surface area is 260 Å². The topological polar surface area (TPSA) is 71.1 Å². The van der Waals surface area contributed by atoms with Crippen molar-refractivity contribution in [2.75, 3.05) is 26.4 Å². The van der Waals surface area contributed by atoms with Gasteiger partial charge in [-0.05, 0) is 82.6 Å². The third-order valence-corrected chi connectivity index (χ3v) is 11.6. The maximum Gasteiger partial charge on any atom is 0.335 e. The van der Waals surface area contributed by atoms with Gasteiger partial charge in [-0.3, -0.25) is 9.13 Å². The molecule has 0 saturated carbocycles. The SMILES string of the molecule is CCOP(=O)(Cc1cc(-c2cccc3ccccc23)c(CP(=O)(OCC)OCC)c(-c2cccc3ccccc23)c1)OCC. The van der Waals surface area contributed by atoms with Crippen LogP contribution in [0.1, 0.15) is 38.8 Å². The molecule has 6 nitrogen and oxygen atoms in total. The molecule has 44 heavy (non-hydrogen) atoms. The van der Waals surface area contributed by atoms with Crippen molar-refractivity contribution in [1.82, 2.24) is 0 Å². The molecule has 8 heteroatoms. The quantitative estimate of drug-likeness (QED) is 0.114. The first-order chi connectivity index (χ1) is 21.3. The lowest BCUT2D eigenvalue weighted by atomic mass is 9.87. The van der Waals surface area contributed by atoms with Gasteiger partial charge in [-0.15, -0.1) is 0 Å². The first-order valence-corrected chi connectivity index (χ1v) is 18.7. The summed E-state index contributed by atoms with van der Waals surface area (Å²) >= 11 is 0. The Balaban J connectivity index is 1.88. The highest BCUT2D eigenvalue weighted by molar-refractivity contribution is 7.53. The molecule has 0 aliphatic rings. The minimum atomic E-state index is -3.54. The second kappa shape index (κ2) is 14.3. The van der Waals surface area contributed by atoms with E-state index >= 15 is 0 Å². The van der Waals surface area contributed by atoms with Gasteiger partial charge >= 0.3 is 15.2 Å². The second-order valence-electron chi connectivity index (χ2n) is 10.4. The van der Waals surface area contributed by atoms with E-state index in [9.17, 15) is 9.13 Å². The highest BCUT2D eigenvalue weighted by Crippen LogP contribution is 2.56. The van der Waals surface area contributed by atoms with E-state index in [-0.39, 0.29) is 38.8 Å². The number of fused-ring (bicyclic) bond motifs is 2. The van der Waals surface area contributed by atoms with Crippen LogP contribution in [0, 0.1) is 0 Å². The lowest BCUT2D eigenvalue weighted by Crippen LogP contribution is -2.05. The zero-order valence-corrected chi connectivity index (χ0v) is 27.6. The van der Waals surface area contributed by atoms with E-state index in [2.05, 4.69) is 48.5 Å². The Hall–Kier alpha value is -3.08. The summed E-state index contributed by atoms with van der Waals surface area (Å²) in [6, 6.07) is 32.9. The van der Waals surface area contributed by atoms with Gasteiger partial charge < -0.3 is 18.1 Å². The van der Waals surface area contributed by atoms with E-state index in [0.29, 0.717) is 0 Å². The first kappa shape index (κ1) is 32.3. The van der Waals surface area contributed by atoms with Crippen LogP contribution in [0.4, 0.5) is 0 Å². The molecule has 0 fully saturated rings. The molecule has 0 atom stereocenters. The fraction of sp³-hybridized carbons (Fsp3) is 0.278. The Morgan fingerprint density at radius 2 is 0.864 bits per heavy atom. The average Bonchev–Trinajstić information content (AvgIpc) is 3.01. The van der Waals surface area contributed by atoms with Crippen LogP contribution >= 0.6 is 15.2 Å². The van der Waals surface area contributed by atoms with Gasteiger partial charge in [0.05, 0.1) is 38.8 Å². The third-order valence-electron chi connectivity index (χ3n) is 7.50. The van der Waals surface area contributed by atoms with Gasteiger partial charge in [0.25, 0.3) is 0 Å². The minimum Gasteiger partial charge on any atom is -0.309 e. The van der Waals surface area contributed by atoms with Crippen LogP contribution in [-0.2, 0) is 39.5 Å². The molecule has 0 N–H and O–H groups in total. The van der Waals surface area contributed by atoms with Crippen molar-refractivity contribution in [3.05, 3.63) is 108 Å². The summed E-state index contributed by atoms with van der Waals surface area (Å²) in [7, 11) is -6.98. The molecule has 0 aliphatic carbocycles. The maximum atomic E-state index is 14.2. The normalized spacial score (nSPS) is 12.3. The zero-order chi connectivity index (χ0) is 31.2. The second-order valence-corrected chi connectivity index (χ2v) is 14.5. The zero-order valence-electron chi connectivity index (χ0n) is 25.8. The van der Waals surface area contributed by atoms with Crippen LogP contribution in [0.25, 0.3) is 43.8 Å². The predicted molar refractivity (Wildman–Crippen MR) is 181 cm³/mol. The summed E-state index contributed by atoms with van der Waals surface area (Å²) in [6.45, 7) is 8.34. The van der Waals surface area contributed by atoms with Crippen molar-refractivity contribution in [2.24, 2.45) is 0 Å². The minimum absolute atomic E-state index is 0.0701. The van der Waals surface area contributed by atoms with E-state index < -0.39 is 15.2 Å². The lowest BCUT2D eigenvalue weighted by molar-refractivity contribution is 0.218. The van der Waals surface area contributed by atoms with Crippen LogP contribution < -0.4 is 0 Å². The van der Waals surface area contributed by atoms with Crippen LogP contribution in [0.2, 0.25) is 0 Å². The molecule has 0 unspecified atom stereocenters. The van der Waals surface area contributed by atoms with Crippen molar-refractivity contribution in [2.45, 2.75) is 40.0 Å². The third kappa shape index (κ3) is 7.08. The van der Waals surface area contributed by atoms with Crippen molar-refractivity contribution in [1.29, 1.82) is 0 Å². The molecule has 0 radical (unpaired) electrons. The highest BCUT2D eigenvalue weighted by Gasteiger charge is 2.31. The summed E-state index contributed by atoms with van der Waals surface area (Å²) < 4.78 is 51.3. The first-order valence-electron chi connectivity index (χ1n) is 15.2. The monoisotopic (exact) mass is 630 g/mol. The summed E-state index contributed by atoms with van der Waals surface area (Å²) in [5.74, 6) is 0. The van der Waals surface area contributed by atoms with Gasteiger partial charge in [-0.25, -0.2) is 0 Å². The van der Waals surface area contributed by atoms with Crippen molar-refractivity contribution in [3.63, 3.8) is 0 Å². The Morgan fingerprint density at radius 1 is 0.477 bits per heavy atom. The number of hydrogen-bond donors (Lipinski definition) is 0. The van der Waals surface area contributed by atoms with Gasteiger partial charge in [0.15, 0.2) is 0 Å². The number of hydrogen-bond acceptors (Lipinski definition) is 6. The van der Waals surface area contributed by atoms with Crippen LogP contribution in [-0.4, -0.2) is 26.4 Å².